The van der Waals surface area contributed by atoms with Crippen LogP contribution in [0.25, 0.3) is 10.6 Å². The molecule has 0 saturated heterocycles. The third kappa shape index (κ3) is 2.94. The number of rotatable bonds is 6. The Hall–Kier alpha value is -1.19. The van der Waals surface area contributed by atoms with Gasteiger partial charge in [0.1, 0.15) is 5.01 Å². The largest absolute Gasteiger partial charge is 0.309 e. The number of hydrogen-bond donors (Lipinski definition) is 1. The minimum absolute atomic E-state index is 0.341. The number of nitrogens with one attached hydrogen (secondary N) is 1. The van der Waals surface area contributed by atoms with Crippen molar-refractivity contribution in [1.82, 2.24) is 10.3 Å². The van der Waals surface area contributed by atoms with E-state index in [-0.39, 0.29) is 0 Å². The molecule has 2 nitrogen and oxygen atoms in total. The third-order valence-electron chi connectivity index (χ3n) is 3.87. The Morgan fingerprint density at radius 1 is 1.35 bits per heavy atom. The van der Waals surface area contributed by atoms with E-state index in [9.17, 15) is 0 Å². The molecular weight excluding hydrogens is 264 g/mol. The van der Waals surface area contributed by atoms with E-state index in [1.807, 2.05) is 0 Å². The fraction of sp³-hybridized carbons (Fsp3) is 0.471. The van der Waals surface area contributed by atoms with Crippen LogP contribution in [0.2, 0.25) is 0 Å². The van der Waals surface area contributed by atoms with Gasteiger partial charge in [0.2, 0.25) is 0 Å². The van der Waals surface area contributed by atoms with Gasteiger partial charge in [-0.05, 0) is 44.2 Å². The van der Waals surface area contributed by atoms with E-state index in [2.05, 4.69) is 48.8 Å². The minimum atomic E-state index is 0.341. The molecule has 1 saturated carbocycles. The zero-order valence-electron chi connectivity index (χ0n) is 12.2. The summed E-state index contributed by atoms with van der Waals surface area (Å²) >= 11 is 1.77. The highest BCUT2D eigenvalue weighted by Gasteiger charge is 2.26. The molecule has 0 radical (unpaired) electrons. The van der Waals surface area contributed by atoms with Gasteiger partial charge in [0.15, 0.2) is 0 Å². The van der Waals surface area contributed by atoms with Crippen molar-refractivity contribution < 1.29 is 0 Å². The zero-order valence-corrected chi connectivity index (χ0v) is 13.0. The van der Waals surface area contributed by atoms with Crippen LogP contribution in [0.3, 0.4) is 0 Å². The van der Waals surface area contributed by atoms with Crippen molar-refractivity contribution in [3.05, 3.63) is 40.9 Å². The van der Waals surface area contributed by atoms with Crippen molar-refractivity contribution in [2.75, 3.05) is 6.54 Å². The van der Waals surface area contributed by atoms with Crippen LogP contribution in [0.1, 0.15) is 56.3 Å². The summed E-state index contributed by atoms with van der Waals surface area (Å²) in [4.78, 5) is 4.86. The molecule has 0 amide bonds. The van der Waals surface area contributed by atoms with E-state index in [1.54, 1.807) is 11.3 Å². The molecule has 1 fully saturated rings. The lowest BCUT2D eigenvalue weighted by Crippen LogP contribution is -2.19. The maximum Gasteiger partial charge on any atom is 0.123 e. The van der Waals surface area contributed by atoms with Gasteiger partial charge in [-0.1, -0.05) is 31.2 Å². The summed E-state index contributed by atoms with van der Waals surface area (Å²) in [5.74, 6) is 0.772. The standard InChI is InChI=1S/C17H22N2S/c1-3-10-18-12(2)16-11-20-17(19-16)15-7-5-4-6-14(15)13-8-9-13/h4-7,11-13,18H,3,8-10H2,1-2H3. The molecule has 106 valence electrons. The topological polar surface area (TPSA) is 24.9 Å². The molecule has 2 aromatic rings. The van der Waals surface area contributed by atoms with E-state index >= 15 is 0 Å². The van der Waals surface area contributed by atoms with E-state index < -0.39 is 0 Å². The summed E-state index contributed by atoms with van der Waals surface area (Å²) in [6, 6.07) is 9.11. The first-order valence-electron chi connectivity index (χ1n) is 7.57. The van der Waals surface area contributed by atoms with E-state index in [0.29, 0.717) is 6.04 Å². The molecule has 3 heteroatoms. The van der Waals surface area contributed by atoms with Crippen LogP contribution < -0.4 is 5.32 Å². The van der Waals surface area contributed by atoms with Crippen molar-refractivity contribution in [2.45, 2.75) is 45.1 Å². The Morgan fingerprint density at radius 3 is 2.90 bits per heavy atom. The van der Waals surface area contributed by atoms with Crippen LogP contribution in [0, 0.1) is 0 Å². The SMILES string of the molecule is CCCNC(C)c1csc(-c2ccccc2C2CC2)n1. The molecule has 1 heterocycles. The summed E-state index contributed by atoms with van der Waals surface area (Å²) < 4.78 is 0. The number of hydrogen-bond acceptors (Lipinski definition) is 3. The lowest BCUT2D eigenvalue weighted by atomic mass is 10.0. The second-order valence-corrected chi connectivity index (χ2v) is 6.47. The highest BCUT2D eigenvalue weighted by Crippen LogP contribution is 2.44. The Morgan fingerprint density at radius 2 is 2.15 bits per heavy atom. The highest BCUT2D eigenvalue weighted by atomic mass is 32.1. The maximum atomic E-state index is 4.86. The van der Waals surface area contributed by atoms with Crippen LogP contribution in [-0.4, -0.2) is 11.5 Å². The van der Waals surface area contributed by atoms with E-state index in [0.717, 1.165) is 18.9 Å². The second kappa shape index (κ2) is 6.06. The van der Waals surface area contributed by atoms with Gasteiger partial charge in [-0.2, -0.15) is 0 Å². The zero-order chi connectivity index (χ0) is 13.9. The minimum Gasteiger partial charge on any atom is -0.309 e. The van der Waals surface area contributed by atoms with Crippen molar-refractivity contribution in [3.63, 3.8) is 0 Å². The number of thiazole rings is 1. The molecule has 1 aliphatic carbocycles. The average Bonchev–Trinajstić information content (AvgIpc) is 3.21. The number of nitrogens with zero attached hydrogens (tertiary/aromatic N) is 1. The van der Waals surface area contributed by atoms with Gasteiger partial charge in [-0.25, -0.2) is 4.98 Å². The van der Waals surface area contributed by atoms with Gasteiger partial charge in [0, 0.05) is 17.0 Å². The summed E-state index contributed by atoms with van der Waals surface area (Å²) in [7, 11) is 0. The lowest BCUT2D eigenvalue weighted by molar-refractivity contribution is 0.561. The lowest BCUT2D eigenvalue weighted by Gasteiger charge is -2.10. The molecule has 1 aromatic heterocycles. The monoisotopic (exact) mass is 286 g/mol. The summed E-state index contributed by atoms with van der Waals surface area (Å²) in [6.45, 7) is 5.44. The fourth-order valence-corrected chi connectivity index (χ4v) is 3.48. The van der Waals surface area contributed by atoms with Gasteiger partial charge < -0.3 is 5.32 Å². The first kappa shape index (κ1) is 13.8. The van der Waals surface area contributed by atoms with Crippen molar-refractivity contribution in [3.8, 4) is 10.6 Å². The highest BCUT2D eigenvalue weighted by molar-refractivity contribution is 7.13. The van der Waals surface area contributed by atoms with Gasteiger partial charge in [-0.3, -0.25) is 0 Å². The van der Waals surface area contributed by atoms with Crippen molar-refractivity contribution >= 4 is 11.3 Å². The molecule has 0 aliphatic heterocycles. The van der Waals surface area contributed by atoms with Gasteiger partial charge in [-0.15, -0.1) is 11.3 Å². The first-order valence-corrected chi connectivity index (χ1v) is 8.45. The maximum absolute atomic E-state index is 4.86. The smallest absolute Gasteiger partial charge is 0.123 e. The van der Waals surface area contributed by atoms with Crippen molar-refractivity contribution in [1.29, 1.82) is 0 Å². The molecule has 20 heavy (non-hydrogen) atoms. The predicted molar refractivity (Wildman–Crippen MR) is 86.2 cm³/mol. The Balaban J connectivity index is 1.83. The van der Waals surface area contributed by atoms with Crippen LogP contribution in [0.15, 0.2) is 29.6 Å². The predicted octanol–water partition coefficient (Wildman–Crippen LogP) is 4.75. The second-order valence-electron chi connectivity index (χ2n) is 5.61. The molecule has 1 aliphatic rings. The molecule has 1 N–H and O–H groups in total. The molecule has 1 unspecified atom stereocenters. The third-order valence-corrected chi connectivity index (χ3v) is 4.77. The quantitative estimate of drug-likeness (QED) is 0.829. The van der Waals surface area contributed by atoms with Crippen LogP contribution >= 0.6 is 11.3 Å². The van der Waals surface area contributed by atoms with Gasteiger partial charge in [0.05, 0.1) is 5.69 Å². The van der Waals surface area contributed by atoms with Crippen LogP contribution in [0.4, 0.5) is 0 Å². The van der Waals surface area contributed by atoms with Crippen LogP contribution in [0.5, 0.6) is 0 Å². The molecule has 0 bridgehead atoms. The summed E-state index contributed by atoms with van der Waals surface area (Å²) in [5.41, 5.74) is 4.00. The fourth-order valence-electron chi connectivity index (χ4n) is 2.52. The summed E-state index contributed by atoms with van der Waals surface area (Å²) in [5, 5.41) is 6.88. The number of aromatic nitrogens is 1. The van der Waals surface area contributed by atoms with Gasteiger partial charge >= 0.3 is 0 Å². The molecule has 3 rings (SSSR count). The molecule has 0 spiro atoms. The van der Waals surface area contributed by atoms with Gasteiger partial charge in [0.25, 0.3) is 0 Å². The Labute approximate surface area is 125 Å². The molecule has 1 atom stereocenters. The number of benzene rings is 1. The normalized spacial score (nSPS) is 16.3. The van der Waals surface area contributed by atoms with Crippen LogP contribution in [-0.2, 0) is 0 Å². The van der Waals surface area contributed by atoms with E-state index in [4.69, 9.17) is 4.98 Å². The average molecular weight is 286 g/mol. The van der Waals surface area contributed by atoms with E-state index in [1.165, 1.54) is 34.7 Å². The first-order chi connectivity index (χ1) is 9.79. The summed E-state index contributed by atoms with van der Waals surface area (Å²) in [6.07, 6.45) is 3.83. The Kier molecular flexibility index (Phi) is 4.18. The Bertz CT molecular complexity index is 572. The molecular formula is C17H22N2S. The molecule has 1 aromatic carbocycles. The van der Waals surface area contributed by atoms with Crippen molar-refractivity contribution in [2.24, 2.45) is 0 Å².